The van der Waals surface area contributed by atoms with Crippen LogP contribution in [-0.4, -0.2) is 23.0 Å². The highest BCUT2D eigenvalue weighted by Gasteiger charge is 2.36. The molecule has 0 unspecified atom stereocenters. The summed E-state index contributed by atoms with van der Waals surface area (Å²) in [5.41, 5.74) is 2.45. The minimum atomic E-state index is -1.57. The van der Waals surface area contributed by atoms with Gasteiger partial charge in [-0.15, -0.1) is 0 Å². The molecule has 1 aromatic heterocycles. The molecule has 0 N–H and O–H groups in total. The predicted octanol–water partition coefficient (Wildman–Crippen LogP) is 5.17. The lowest BCUT2D eigenvalue weighted by molar-refractivity contribution is 0.294. The van der Waals surface area contributed by atoms with Gasteiger partial charge in [0.15, 0.2) is 8.32 Å². The molecule has 0 aromatic carbocycles. The first-order valence-electron chi connectivity index (χ1n) is 7.42. The molecule has 0 aliphatic carbocycles. The molecule has 0 aliphatic heterocycles. The van der Waals surface area contributed by atoms with Crippen LogP contribution >= 0.6 is 11.3 Å². The van der Waals surface area contributed by atoms with Gasteiger partial charge >= 0.3 is 0 Å². The van der Waals surface area contributed by atoms with Crippen LogP contribution in [0.4, 0.5) is 0 Å². The van der Waals surface area contributed by atoms with Crippen molar-refractivity contribution >= 4 is 32.2 Å². The molecule has 0 bridgehead atoms. The minimum absolute atomic E-state index is 0.307. The average Bonchev–Trinajstić information content (AvgIpc) is 2.80. The molecule has 0 spiro atoms. The van der Waals surface area contributed by atoms with E-state index in [1.54, 1.807) is 4.50 Å². The molecule has 1 aromatic rings. The Morgan fingerprint density at radius 2 is 1.85 bits per heavy atom. The van der Waals surface area contributed by atoms with Crippen LogP contribution in [0.3, 0.4) is 0 Å². The van der Waals surface area contributed by atoms with Crippen LogP contribution in [0.5, 0.6) is 0 Å². The SMILES string of the molecule is CC(C)(C)[Si](C)(C)OCC/C=C/[Si](C)(C)c1cccs1. The molecule has 0 radical (unpaired) electrons. The minimum Gasteiger partial charge on any atom is -0.417 e. The summed E-state index contributed by atoms with van der Waals surface area (Å²) < 4.78 is 7.76. The Balaban J connectivity index is 2.44. The highest BCUT2D eigenvalue weighted by Crippen LogP contribution is 2.36. The molecule has 0 saturated carbocycles. The monoisotopic (exact) mass is 326 g/mol. The lowest BCUT2D eigenvalue weighted by atomic mass is 10.2. The van der Waals surface area contributed by atoms with Gasteiger partial charge in [0.1, 0.15) is 8.07 Å². The smallest absolute Gasteiger partial charge is 0.191 e. The summed E-state index contributed by atoms with van der Waals surface area (Å²) in [6, 6.07) is 4.43. The van der Waals surface area contributed by atoms with E-state index in [2.05, 4.69) is 76.2 Å². The number of hydrogen-bond acceptors (Lipinski definition) is 2. The molecule has 114 valence electrons. The van der Waals surface area contributed by atoms with E-state index in [0.717, 1.165) is 13.0 Å². The first-order chi connectivity index (χ1) is 9.06. The molecule has 0 atom stereocenters. The van der Waals surface area contributed by atoms with Crippen LogP contribution in [0.25, 0.3) is 0 Å². The van der Waals surface area contributed by atoms with E-state index in [-0.39, 0.29) is 0 Å². The van der Waals surface area contributed by atoms with E-state index in [1.807, 2.05) is 11.3 Å². The van der Waals surface area contributed by atoms with Crippen molar-refractivity contribution < 1.29 is 4.43 Å². The maximum atomic E-state index is 6.21. The fourth-order valence-corrected chi connectivity index (χ4v) is 6.30. The van der Waals surface area contributed by atoms with E-state index < -0.39 is 16.4 Å². The molecule has 0 saturated heterocycles. The van der Waals surface area contributed by atoms with Crippen molar-refractivity contribution in [1.82, 2.24) is 0 Å². The number of rotatable bonds is 6. The van der Waals surface area contributed by atoms with Gasteiger partial charge in [-0.05, 0) is 34.4 Å². The van der Waals surface area contributed by atoms with Crippen molar-refractivity contribution in [2.24, 2.45) is 0 Å². The lowest BCUT2D eigenvalue weighted by Gasteiger charge is -2.36. The molecule has 4 heteroatoms. The zero-order valence-electron chi connectivity index (χ0n) is 14.1. The van der Waals surface area contributed by atoms with E-state index >= 15 is 0 Å². The molecule has 0 aliphatic rings. The van der Waals surface area contributed by atoms with Gasteiger partial charge in [-0.2, -0.15) is 11.3 Å². The number of thiophene rings is 1. The Labute approximate surface area is 131 Å². The molecular formula is C16H30OSSi2. The molecule has 1 rings (SSSR count). The third kappa shape index (κ3) is 4.99. The molecule has 0 fully saturated rings. The van der Waals surface area contributed by atoms with Crippen molar-refractivity contribution in [2.75, 3.05) is 6.61 Å². The topological polar surface area (TPSA) is 9.23 Å². The maximum absolute atomic E-state index is 6.21. The summed E-state index contributed by atoms with van der Waals surface area (Å²) in [5, 5.41) is 2.49. The molecule has 20 heavy (non-hydrogen) atoms. The van der Waals surface area contributed by atoms with Gasteiger partial charge in [0.2, 0.25) is 0 Å². The highest BCUT2D eigenvalue weighted by atomic mass is 32.1. The van der Waals surface area contributed by atoms with Gasteiger partial charge < -0.3 is 4.43 Å². The Kier molecular flexibility index (Phi) is 6.02. The second kappa shape index (κ2) is 6.73. The fourth-order valence-electron chi connectivity index (χ4n) is 1.70. The van der Waals surface area contributed by atoms with Crippen LogP contribution in [0.2, 0.25) is 31.2 Å². The number of hydrogen-bond donors (Lipinski definition) is 0. The van der Waals surface area contributed by atoms with Crippen LogP contribution < -0.4 is 4.50 Å². The zero-order valence-corrected chi connectivity index (χ0v) is 16.9. The predicted molar refractivity (Wildman–Crippen MR) is 98.3 cm³/mol. The van der Waals surface area contributed by atoms with Gasteiger partial charge in [-0.3, -0.25) is 0 Å². The Hall–Kier alpha value is -0.166. The first kappa shape index (κ1) is 17.9. The van der Waals surface area contributed by atoms with Gasteiger partial charge in [0.25, 0.3) is 0 Å². The van der Waals surface area contributed by atoms with Crippen LogP contribution in [0.15, 0.2) is 29.3 Å². The summed E-state index contributed by atoms with van der Waals surface area (Å²) in [6.07, 6.45) is 3.37. The van der Waals surface area contributed by atoms with Crippen molar-refractivity contribution in [3.63, 3.8) is 0 Å². The molecule has 1 nitrogen and oxygen atoms in total. The van der Waals surface area contributed by atoms with Crippen molar-refractivity contribution in [1.29, 1.82) is 0 Å². The van der Waals surface area contributed by atoms with E-state index in [0.29, 0.717) is 5.04 Å². The molecular weight excluding hydrogens is 296 g/mol. The van der Waals surface area contributed by atoms with Gasteiger partial charge in [0, 0.05) is 6.61 Å². The molecule has 0 amide bonds. The summed E-state index contributed by atoms with van der Waals surface area (Å²) >= 11 is 1.89. The van der Waals surface area contributed by atoms with Gasteiger partial charge in [0.05, 0.1) is 0 Å². The van der Waals surface area contributed by atoms with Crippen LogP contribution in [0, 0.1) is 0 Å². The Morgan fingerprint density at radius 1 is 1.20 bits per heavy atom. The van der Waals surface area contributed by atoms with Crippen molar-refractivity contribution in [3.8, 4) is 0 Å². The zero-order chi connectivity index (χ0) is 15.4. The summed E-state index contributed by atoms with van der Waals surface area (Å²) in [7, 11) is -2.94. The van der Waals surface area contributed by atoms with Crippen LogP contribution in [0.1, 0.15) is 27.2 Å². The standard InChI is InChI=1S/C16H30OSSi2/c1-16(2,3)20(6,7)17-12-8-9-14-19(4,5)15-11-10-13-18-15/h9-11,13-14H,8,12H2,1-7H3/b14-9+. The third-order valence-corrected chi connectivity index (χ3v) is 13.9. The Bertz CT molecular complexity index is 428. The second-order valence-corrected chi connectivity index (χ2v) is 17.9. The summed E-state index contributed by atoms with van der Waals surface area (Å²) in [6.45, 7) is 17.2. The quantitative estimate of drug-likeness (QED) is 0.517. The normalized spacial score (nSPS) is 14.2. The van der Waals surface area contributed by atoms with Crippen LogP contribution in [-0.2, 0) is 4.43 Å². The lowest BCUT2D eigenvalue weighted by Crippen LogP contribution is -2.41. The highest BCUT2D eigenvalue weighted by molar-refractivity contribution is 7.26. The van der Waals surface area contributed by atoms with E-state index in [1.165, 1.54) is 0 Å². The largest absolute Gasteiger partial charge is 0.417 e. The Morgan fingerprint density at radius 3 is 2.35 bits per heavy atom. The van der Waals surface area contributed by atoms with E-state index in [9.17, 15) is 0 Å². The summed E-state index contributed by atoms with van der Waals surface area (Å²) in [4.78, 5) is 0. The van der Waals surface area contributed by atoms with Gasteiger partial charge in [-0.1, -0.05) is 57.8 Å². The van der Waals surface area contributed by atoms with Crippen molar-refractivity contribution in [3.05, 3.63) is 29.3 Å². The first-order valence-corrected chi connectivity index (χ1v) is 14.3. The average molecular weight is 327 g/mol. The van der Waals surface area contributed by atoms with Gasteiger partial charge in [-0.25, -0.2) is 0 Å². The molecule has 1 heterocycles. The van der Waals surface area contributed by atoms with Crippen molar-refractivity contribution in [2.45, 2.75) is 58.4 Å². The third-order valence-electron chi connectivity index (χ3n) is 4.24. The van der Waals surface area contributed by atoms with E-state index in [4.69, 9.17) is 4.43 Å². The summed E-state index contributed by atoms with van der Waals surface area (Å²) in [5.74, 6) is 0. The fraction of sp³-hybridized carbons (Fsp3) is 0.625. The second-order valence-electron chi connectivity index (χ2n) is 7.50. The maximum Gasteiger partial charge on any atom is 0.191 e.